The molecule has 0 radical (unpaired) electrons. The predicted octanol–water partition coefficient (Wildman–Crippen LogP) is 3.80. The van der Waals surface area contributed by atoms with Crippen LogP contribution in [-0.4, -0.2) is 74.3 Å². The SMILES string of the molecule is NC=C(C=NC1CCN(Cc2ccc(COc3cccc4c3CN(C3CCC(=O)NC3O)C4=O)cc2)CC1)c1cnc2ccccc2n1. The van der Waals surface area contributed by atoms with Gasteiger partial charge >= 0.3 is 0 Å². The molecule has 2 saturated heterocycles. The number of para-hydroxylation sites is 2. The largest absolute Gasteiger partial charge is 0.489 e. The number of nitrogens with one attached hydrogen (secondary N) is 1. The van der Waals surface area contributed by atoms with Crippen molar-refractivity contribution in [2.45, 2.75) is 63.7 Å². The summed E-state index contributed by atoms with van der Waals surface area (Å²) < 4.78 is 6.21. The monoisotopic (exact) mass is 645 g/mol. The number of likely N-dealkylation sites (tertiary alicyclic amines) is 1. The summed E-state index contributed by atoms with van der Waals surface area (Å²) in [5.41, 5.74) is 12.8. The van der Waals surface area contributed by atoms with Crippen LogP contribution < -0.4 is 15.8 Å². The summed E-state index contributed by atoms with van der Waals surface area (Å²) in [6.45, 7) is 3.51. The van der Waals surface area contributed by atoms with Gasteiger partial charge in [0.05, 0.1) is 41.6 Å². The highest BCUT2D eigenvalue weighted by Crippen LogP contribution is 2.34. The fourth-order valence-corrected chi connectivity index (χ4v) is 6.69. The van der Waals surface area contributed by atoms with Crippen LogP contribution in [0.4, 0.5) is 0 Å². The van der Waals surface area contributed by atoms with Crippen LogP contribution in [0.2, 0.25) is 0 Å². The van der Waals surface area contributed by atoms with Crippen molar-refractivity contribution in [2.75, 3.05) is 13.1 Å². The van der Waals surface area contributed by atoms with Crippen molar-refractivity contribution in [3.63, 3.8) is 0 Å². The first-order chi connectivity index (χ1) is 23.4. The van der Waals surface area contributed by atoms with E-state index in [-0.39, 0.29) is 24.3 Å². The first kappa shape index (κ1) is 31.5. The average Bonchev–Trinajstić information content (AvgIpc) is 3.45. The number of hydrogen-bond acceptors (Lipinski definition) is 9. The summed E-state index contributed by atoms with van der Waals surface area (Å²) in [6.07, 6.45) is 6.70. The number of amides is 2. The van der Waals surface area contributed by atoms with E-state index < -0.39 is 12.3 Å². The van der Waals surface area contributed by atoms with Crippen LogP contribution in [0.15, 0.2) is 84.1 Å². The number of nitrogens with zero attached hydrogens (tertiary/aromatic N) is 5. The molecule has 246 valence electrons. The lowest BCUT2D eigenvalue weighted by molar-refractivity contribution is -0.129. The molecule has 2 fully saturated rings. The van der Waals surface area contributed by atoms with Crippen LogP contribution in [-0.2, 0) is 24.5 Å². The van der Waals surface area contributed by atoms with Gasteiger partial charge in [0.1, 0.15) is 18.6 Å². The van der Waals surface area contributed by atoms with E-state index in [2.05, 4.69) is 39.5 Å². The van der Waals surface area contributed by atoms with Crippen molar-refractivity contribution in [2.24, 2.45) is 10.7 Å². The number of aliphatic hydroxyl groups is 1. The van der Waals surface area contributed by atoms with E-state index in [0.29, 0.717) is 36.6 Å². The third-order valence-electron chi connectivity index (χ3n) is 9.42. The lowest BCUT2D eigenvalue weighted by Crippen LogP contribution is -2.55. The summed E-state index contributed by atoms with van der Waals surface area (Å²) in [5.74, 6) is 0.308. The number of fused-ring (bicyclic) bond motifs is 2. The molecule has 48 heavy (non-hydrogen) atoms. The molecule has 3 aliphatic rings. The maximum atomic E-state index is 13.2. The molecule has 2 unspecified atom stereocenters. The van der Waals surface area contributed by atoms with E-state index >= 15 is 0 Å². The molecule has 2 atom stereocenters. The Kier molecular flexibility index (Phi) is 9.13. The van der Waals surface area contributed by atoms with Crippen LogP contribution in [0, 0.1) is 0 Å². The Morgan fingerprint density at radius 1 is 1.00 bits per heavy atom. The zero-order valence-corrected chi connectivity index (χ0v) is 26.7. The van der Waals surface area contributed by atoms with Crippen molar-refractivity contribution >= 4 is 34.6 Å². The smallest absolute Gasteiger partial charge is 0.255 e. The number of nitrogens with two attached hydrogens (primary N) is 1. The van der Waals surface area contributed by atoms with Gasteiger partial charge in [0.25, 0.3) is 5.91 Å². The Morgan fingerprint density at radius 2 is 1.77 bits per heavy atom. The quantitative estimate of drug-likeness (QED) is 0.233. The third kappa shape index (κ3) is 6.78. The van der Waals surface area contributed by atoms with Gasteiger partial charge in [0, 0.05) is 55.2 Å². The number of aromatic nitrogens is 2. The zero-order chi connectivity index (χ0) is 33.0. The van der Waals surface area contributed by atoms with Crippen molar-refractivity contribution < 1.29 is 19.4 Å². The number of ether oxygens (including phenoxy) is 1. The topological polar surface area (TPSA) is 146 Å². The van der Waals surface area contributed by atoms with Crippen LogP contribution >= 0.6 is 0 Å². The molecule has 4 aromatic rings. The summed E-state index contributed by atoms with van der Waals surface area (Å²) in [6, 6.07) is 21.5. The van der Waals surface area contributed by atoms with Crippen molar-refractivity contribution in [3.05, 3.63) is 107 Å². The first-order valence-electron chi connectivity index (χ1n) is 16.5. The highest BCUT2D eigenvalue weighted by atomic mass is 16.5. The van der Waals surface area contributed by atoms with E-state index in [1.54, 1.807) is 23.4 Å². The van der Waals surface area contributed by atoms with Crippen LogP contribution in [0.3, 0.4) is 0 Å². The Hall–Kier alpha value is -5.13. The number of rotatable bonds is 9. The van der Waals surface area contributed by atoms with Gasteiger partial charge in [-0.1, -0.05) is 42.5 Å². The molecule has 3 aliphatic heterocycles. The minimum absolute atomic E-state index is 0.149. The Balaban J connectivity index is 0.893. The molecule has 11 nitrogen and oxygen atoms in total. The molecule has 3 aromatic carbocycles. The maximum absolute atomic E-state index is 13.2. The molecule has 0 aliphatic carbocycles. The molecule has 11 heteroatoms. The summed E-state index contributed by atoms with van der Waals surface area (Å²) in [5, 5.41) is 12.9. The minimum atomic E-state index is -1.07. The van der Waals surface area contributed by atoms with Crippen molar-refractivity contribution in [3.8, 4) is 5.75 Å². The van der Waals surface area contributed by atoms with Crippen LogP contribution in [0.5, 0.6) is 5.75 Å². The maximum Gasteiger partial charge on any atom is 0.255 e. The summed E-state index contributed by atoms with van der Waals surface area (Å²) in [4.78, 5) is 42.9. The molecular weight excluding hydrogens is 606 g/mol. The first-order valence-corrected chi connectivity index (χ1v) is 16.5. The van der Waals surface area contributed by atoms with Gasteiger partial charge in [0.2, 0.25) is 5.91 Å². The fourth-order valence-electron chi connectivity index (χ4n) is 6.69. The second-order valence-electron chi connectivity index (χ2n) is 12.6. The average molecular weight is 646 g/mol. The lowest BCUT2D eigenvalue weighted by Gasteiger charge is -2.35. The predicted molar refractivity (Wildman–Crippen MR) is 183 cm³/mol. The van der Waals surface area contributed by atoms with Crippen LogP contribution in [0.1, 0.15) is 58.4 Å². The number of aliphatic imine (C=N–C) groups is 1. The summed E-state index contributed by atoms with van der Waals surface area (Å²) >= 11 is 0. The lowest BCUT2D eigenvalue weighted by atomic mass is 10.0. The molecule has 4 heterocycles. The van der Waals surface area contributed by atoms with Crippen molar-refractivity contribution in [1.82, 2.24) is 25.1 Å². The molecule has 2 amide bonds. The molecule has 0 saturated carbocycles. The highest BCUT2D eigenvalue weighted by Gasteiger charge is 2.40. The summed E-state index contributed by atoms with van der Waals surface area (Å²) in [7, 11) is 0. The van der Waals surface area contributed by atoms with E-state index in [9.17, 15) is 14.7 Å². The number of piperidine rings is 2. The molecule has 0 spiro atoms. The van der Waals surface area contributed by atoms with Gasteiger partial charge in [-0.2, -0.15) is 0 Å². The second kappa shape index (κ2) is 13.9. The number of allylic oxidation sites excluding steroid dienone is 1. The highest BCUT2D eigenvalue weighted by molar-refractivity contribution is 6.09. The number of carbonyl (C=O) groups excluding carboxylic acids is 2. The molecular formula is C37H39N7O4. The number of aliphatic hydroxyl groups excluding tert-OH is 1. The molecule has 1 aromatic heterocycles. The van der Waals surface area contributed by atoms with Gasteiger partial charge in [-0.25, -0.2) is 4.98 Å². The minimum Gasteiger partial charge on any atom is -0.489 e. The standard InChI is InChI=1S/C37H39N7O4/c38-18-26(32-20-40-30-5-1-2-6-31(30)41-32)19-39-27-14-16-43(17-15-27)21-24-8-10-25(11-9-24)23-48-34-7-3-4-28-29(34)22-44(37(28)47)33-12-13-35(45)42-36(33)46/h1-11,18-20,27,33,36,46H,12-17,21-23,38H2,(H,42,45). The van der Waals surface area contributed by atoms with E-state index in [1.165, 1.54) is 5.56 Å². The Bertz CT molecular complexity index is 1870. The van der Waals surface area contributed by atoms with E-state index in [1.807, 2.05) is 42.6 Å². The van der Waals surface area contributed by atoms with Gasteiger partial charge < -0.3 is 25.8 Å². The second-order valence-corrected chi connectivity index (χ2v) is 12.6. The Labute approximate surface area is 279 Å². The molecule has 7 rings (SSSR count). The van der Waals surface area contributed by atoms with Gasteiger partial charge in [0.15, 0.2) is 0 Å². The number of benzene rings is 3. The van der Waals surface area contributed by atoms with E-state index in [4.69, 9.17) is 20.4 Å². The molecule has 0 bridgehead atoms. The third-order valence-corrected chi connectivity index (χ3v) is 9.42. The Morgan fingerprint density at radius 3 is 2.54 bits per heavy atom. The van der Waals surface area contributed by atoms with Crippen LogP contribution in [0.25, 0.3) is 16.6 Å². The number of carbonyl (C=O) groups is 2. The normalized spacial score (nSPS) is 20.8. The van der Waals surface area contributed by atoms with E-state index in [0.717, 1.165) is 60.2 Å². The fraction of sp³-hybridized carbons (Fsp3) is 0.324. The van der Waals surface area contributed by atoms with Gasteiger partial charge in [-0.05, 0) is 54.7 Å². The molecule has 4 N–H and O–H groups in total. The zero-order valence-electron chi connectivity index (χ0n) is 26.7. The number of hydrogen-bond donors (Lipinski definition) is 3. The van der Waals surface area contributed by atoms with Gasteiger partial charge in [-0.3, -0.25) is 24.5 Å². The van der Waals surface area contributed by atoms with Crippen molar-refractivity contribution in [1.29, 1.82) is 0 Å². The van der Waals surface area contributed by atoms with Gasteiger partial charge in [-0.15, -0.1) is 0 Å².